The molecule has 0 unspecified atom stereocenters. The molecule has 2 fully saturated rings. The van der Waals surface area contributed by atoms with Crippen molar-refractivity contribution in [2.24, 2.45) is 0 Å². The molecule has 2 aromatic rings. The van der Waals surface area contributed by atoms with E-state index in [-0.39, 0.29) is 5.91 Å². The number of benzene rings is 2. The van der Waals surface area contributed by atoms with Crippen LogP contribution in [0.1, 0.15) is 23.5 Å². The van der Waals surface area contributed by atoms with Gasteiger partial charge in [-0.3, -0.25) is 4.79 Å². The Morgan fingerprint density at radius 1 is 1.11 bits per heavy atom. The van der Waals surface area contributed by atoms with Gasteiger partial charge in [-0.15, -0.1) is 0 Å². The van der Waals surface area contributed by atoms with Crippen molar-refractivity contribution in [1.82, 2.24) is 15.1 Å². The van der Waals surface area contributed by atoms with Gasteiger partial charge in [0.15, 0.2) is 0 Å². The summed E-state index contributed by atoms with van der Waals surface area (Å²) < 4.78 is 0. The number of likely N-dealkylation sites (N-methyl/N-ethyl adjacent to an activating group) is 1. The molecule has 0 spiro atoms. The molecule has 2 aliphatic rings. The largest absolute Gasteiger partial charge is 0.339 e. The number of nitriles is 1. The number of hydrogen-bond acceptors (Lipinski definition) is 4. The van der Waals surface area contributed by atoms with E-state index in [4.69, 9.17) is 5.26 Å². The van der Waals surface area contributed by atoms with Crippen LogP contribution in [-0.2, 0) is 4.79 Å². The molecule has 5 heteroatoms. The summed E-state index contributed by atoms with van der Waals surface area (Å²) in [6.07, 6.45) is 1.08. The van der Waals surface area contributed by atoms with E-state index in [1.54, 1.807) is 0 Å². The Kier molecular flexibility index (Phi) is 5.43. The number of carbonyl (C=O) groups is 1. The normalized spacial score (nSPS) is 21.9. The zero-order valence-corrected chi connectivity index (χ0v) is 16.3. The maximum Gasteiger partial charge on any atom is 0.236 e. The molecule has 1 aliphatic carbocycles. The Labute approximate surface area is 166 Å². The molecule has 1 heterocycles. The van der Waals surface area contributed by atoms with Crippen molar-refractivity contribution in [2.45, 2.75) is 18.4 Å². The number of carbonyl (C=O) groups excluding carboxylic acids is 1. The van der Waals surface area contributed by atoms with E-state index in [2.05, 4.69) is 47.6 Å². The van der Waals surface area contributed by atoms with E-state index in [1.807, 2.05) is 29.2 Å². The highest BCUT2D eigenvalue weighted by atomic mass is 16.2. The SMILES string of the molecule is CN1CCN(C(=O)CN[C@@H]2C[C@H]2c2ccc(-c3cccc(C#N)c3)cc2)CC1. The molecule has 1 saturated carbocycles. The van der Waals surface area contributed by atoms with Crippen molar-refractivity contribution in [2.75, 3.05) is 39.8 Å². The minimum atomic E-state index is 0.214. The predicted molar refractivity (Wildman–Crippen MR) is 110 cm³/mol. The van der Waals surface area contributed by atoms with E-state index in [0.29, 0.717) is 24.1 Å². The third-order valence-electron chi connectivity index (χ3n) is 5.83. The van der Waals surface area contributed by atoms with Crippen LogP contribution in [0.25, 0.3) is 11.1 Å². The second-order valence-electron chi connectivity index (χ2n) is 7.83. The third kappa shape index (κ3) is 4.24. The summed E-state index contributed by atoms with van der Waals surface area (Å²) >= 11 is 0. The van der Waals surface area contributed by atoms with Gasteiger partial charge in [0.05, 0.1) is 18.2 Å². The number of nitrogens with zero attached hydrogens (tertiary/aromatic N) is 3. The first-order valence-corrected chi connectivity index (χ1v) is 9.94. The van der Waals surface area contributed by atoms with Crippen LogP contribution in [0.2, 0.25) is 0 Å². The summed E-state index contributed by atoms with van der Waals surface area (Å²) in [6, 6.07) is 18.8. The van der Waals surface area contributed by atoms with E-state index >= 15 is 0 Å². The lowest BCUT2D eigenvalue weighted by molar-refractivity contribution is -0.131. The van der Waals surface area contributed by atoms with Crippen molar-refractivity contribution in [3.8, 4) is 17.2 Å². The van der Waals surface area contributed by atoms with Gasteiger partial charge in [0.1, 0.15) is 0 Å². The van der Waals surface area contributed by atoms with Gasteiger partial charge < -0.3 is 15.1 Å². The van der Waals surface area contributed by atoms with Gasteiger partial charge >= 0.3 is 0 Å². The molecule has 28 heavy (non-hydrogen) atoms. The molecule has 1 N–H and O–H groups in total. The molecule has 1 saturated heterocycles. The van der Waals surface area contributed by atoms with E-state index in [0.717, 1.165) is 43.7 Å². The number of nitrogens with one attached hydrogen (secondary N) is 1. The van der Waals surface area contributed by atoms with E-state index in [9.17, 15) is 4.79 Å². The van der Waals surface area contributed by atoms with Gasteiger partial charge in [0.2, 0.25) is 5.91 Å². The van der Waals surface area contributed by atoms with Crippen LogP contribution in [0.15, 0.2) is 48.5 Å². The Morgan fingerprint density at radius 2 is 1.86 bits per heavy atom. The number of amides is 1. The summed E-state index contributed by atoms with van der Waals surface area (Å²) in [5.41, 5.74) is 4.17. The lowest BCUT2D eigenvalue weighted by atomic mass is 10.0. The molecule has 2 aromatic carbocycles. The zero-order chi connectivity index (χ0) is 19.5. The molecule has 1 aliphatic heterocycles. The fourth-order valence-corrected chi connectivity index (χ4v) is 3.87. The first-order valence-electron chi connectivity index (χ1n) is 9.94. The van der Waals surface area contributed by atoms with Crippen LogP contribution in [0.4, 0.5) is 0 Å². The van der Waals surface area contributed by atoms with Crippen molar-refractivity contribution >= 4 is 5.91 Å². The third-order valence-corrected chi connectivity index (χ3v) is 5.83. The van der Waals surface area contributed by atoms with Crippen molar-refractivity contribution in [3.63, 3.8) is 0 Å². The lowest BCUT2D eigenvalue weighted by Gasteiger charge is -2.32. The van der Waals surface area contributed by atoms with E-state index < -0.39 is 0 Å². The second-order valence-corrected chi connectivity index (χ2v) is 7.83. The molecule has 5 nitrogen and oxygen atoms in total. The van der Waals surface area contributed by atoms with E-state index in [1.165, 1.54) is 5.56 Å². The van der Waals surface area contributed by atoms with Gasteiger partial charge in [-0.05, 0) is 42.3 Å². The summed E-state index contributed by atoms with van der Waals surface area (Å²) in [5, 5.41) is 12.5. The van der Waals surface area contributed by atoms with Crippen LogP contribution in [0, 0.1) is 11.3 Å². The van der Waals surface area contributed by atoms with Gasteiger partial charge in [-0.1, -0.05) is 36.4 Å². The molecule has 0 bridgehead atoms. The minimum Gasteiger partial charge on any atom is -0.339 e. The van der Waals surface area contributed by atoms with Gasteiger partial charge in [0.25, 0.3) is 0 Å². The maximum absolute atomic E-state index is 12.4. The average Bonchev–Trinajstić information content (AvgIpc) is 3.52. The van der Waals surface area contributed by atoms with Crippen molar-refractivity contribution in [1.29, 1.82) is 5.26 Å². The number of piperazine rings is 1. The topological polar surface area (TPSA) is 59.4 Å². The Morgan fingerprint density at radius 3 is 2.57 bits per heavy atom. The maximum atomic E-state index is 12.4. The second kappa shape index (κ2) is 8.14. The van der Waals surface area contributed by atoms with Gasteiger partial charge in [0, 0.05) is 38.1 Å². The minimum absolute atomic E-state index is 0.214. The highest BCUT2D eigenvalue weighted by molar-refractivity contribution is 5.78. The predicted octanol–water partition coefficient (Wildman–Crippen LogP) is 2.44. The fourth-order valence-electron chi connectivity index (χ4n) is 3.87. The summed E-state index contributed by atoms with van der Waals surface area (Å²) in [5.74, 6) is 0.700. The van der Waals surface area contributed by atoms with Crippen molar-refractivity contribution in [3.05, 3.63) is 59.7 Å². The standard InChI is InChI=1S/C23H26N4O/c1-26-9-11-27(12-10-26)23(28)16-25-22-14-21(22)19-7-5-18(6-8-19)20-4-2-3-17(13-20)15-24/h2-8,13,21-22,25H,9-12,14,16H2,1H3/t21-,22+/m0/s1. The van der Waals surface area contributed by atoms with Gasteiger partial charge in [-0.25, -0.2) is 0 Å². The molecular formula is C23H26N4O. The molecule has 1 amide bonds. The van der Waals surface area contributed by atoms with Crippen LogP contribution in [0.3, 0.4) is 0 Å². The molecule has 4 rings (SSSR count). The highest BCUT2D eigenvalue weighted by Crippen LogP contribution is 2.41. The molecule has 144 valence electrons. The monoisotopic (exact) mass is 374 g/mol. The first kappa shape index (κ1) is 18.7. The molecular weight excluding hydrogens is 348 g/mol. The quantitative estimate of drug-likeness (QED) is 0.873. The van der Waals surface area contributed by atoms with Crippen molar-refractivity contribution < 1.29 is 4.79 Å². The first-order chi connectivity index (χ1) is 13.6. The lowest BCUT2D eigenvalue weighted by Crippen LogP contribution is -2.49. The fraction of sp³-hybridized carbons (Fsp3) is 0.391. The Bertz CT molecular complexity index is 878. The Hall–Kier alpha value is -2.68. The van der Waals surface area contributed by atoms with Crippen LogP contribution >= 0.6 is 0 Å². The summed E-state index contributed by atoms with van der Waals surface area (Å²) in [6.45, 7) is 4.02. The number of rotatable bonds is 5. The van der Waals surface area contributed by atoms with Crippen LogP contribution < -0.4 is 5.32 Å². The summed E-state index contributed by atoms with van der Waals surface area (Å²) in [4.78, 5) is 16.6. The molecule has 0 radical (unpaired) electrons. The highest BCUT2D eigenvalue weighted by Gasteiger charge is 2.38. The molecule has 0 aromatic heterocycles. The zero-order valence-electron chi connectivity index (χ0n) is 16.3. The molecule has 2 atom stereocenters. The van der Waals surface area contributed by atoms with Crippen LogP contribution in [-0.4, -0.2) is 61.5 Å². The van der Waals surface area contributed by atoms with Crippen LogP contribution in [0.5, 0.6) is 0 Å². The number of hydrogen-bond donors (Lipinski definition) is 1. The average molecular weight is 374 g/mol. The smallest absolute Gasteiger partial charge is 0.236 e. The summed E-state index contributed by atoms with van der Waals surface area (Å²) in [7, 11) is 2.10. The Balaban J connectivity index is 1.29. The van der Waals surface area contributed by atoms with Gasteiger partial charge in [-0.2, -0.15) is 5.26 Å².